The highest BCUT2D eigenvalue weighted by Gasteiger charge is 2.16. The molecule has 56 heavy (non-hydrogen) atoms. The summed E-state index contributed by atoms with van der Waals surface area (Å²) in [6.07, 6.45) is 6.75. The zero-order valence-corrected chi connectivity index (χ0v) is 32.2. The summed E-state index contributed by atoms with van der Waals surface area (Å²) in [4.78, 5) is 33.9. The van der Waals surface area contributed by atoms with Crippen LogP contribution in [0.1, 0.15) is 6.42 Å². The molecule has 0 aliphatic rings. The number of halogens is 1. The summed E-state index contributed by atoms with van der Waals surface area (Å²) >= 11 is 5.92. The van der Waals surface area contributed by atoms with E-state index in [9.17, 15) is 0 Å². The number of methoxy groups -OCH3 is 6. The van der Waals surface area contributed by atoms with E-state index in [0.717, 1.165) is 11.1 Å². The molecule has 0 aliphatic carbocycles. The highest BCUT2D eigenvalue weighted by Crippen LogP contribution is 2.41. The Morgan fingerprint density at radius 1 is 0.571 bits per heavy atom. The first kappa shape index (κ1) is 40.4. The molecule has 4 heterocycles. The summed E-state index contributed by atoms with van der Waals surface area (Å²) in [5, 5.41) is 18.7. The molecule has 0 aliphatic heterocycles. The normalized spacial score (nSPS) is 10.4. The zero-order valence-electron chi connectivity index (χ0n) is 31.4. The summed E-state index contributed by atoms with van der Waals surface area (Å²) < 4.78 is 32.1. The van der Waals surface area contributed by atoms with Gasteiger partial charge < -0.3 is 49.5 Å². The van der Waals surface area contributed by atoms with Gasteiger partial charge in [0.25, 0.3) is 0 Å². The highest BCUT2D eigenvalue weighted by atomic mass is 35.5. The number of nitrogens with zero attached hydrogens (tertiary/aromatic N) is 8. The molecule has 2 aromatic carbocycles. The van der Waals surface area contributed by atoms with Crippen molar-refractivity contribution in [3.8, 4) is 57.3 Å². The van der Waals surface area contributed by atoms with Crippen LogP contribution in [0.5, 0.6) is 34.5 Å². The Kier molecular flexibility index (Phi) is 14.5. The van der Waals surface area contributed by atoms with Gasteiger partial charge in [0.05, 0.1) is 42.7 Å². The lowest BCUT2D eigenvalue weighted by atomic mass is 10.2. The standard InChI is InChI=1S/C20H24N6O4.C17H16ClN5O3/c1-28-15-10-14(11-16(29-2)18(15)30-3)25-20-24-12-23-19(26-20)13-5-7-22-17(9-13)21-6-4-8-27;1-24-12-7-11(8-13(25-2)15(12)26-3)22-17-21-9-20-16(23-17)10-4-5-19-14(18)6-10/h5,7,9-12,27H,4,6,8H2,1-3H3,(H,21,22)(H,23,24,25,26);4-9H,1-3H3,(H,20,21,22,23). The van der Waals surface area contributed by atoms with Crippen LogP contribution >= 0.6 is 11.6 Å². The van der Waals surface area contributed by atoms with Gasteiger partial charge in [-0.15, -0.1) is 0 Å². The highest BCUT2D eigenvalue weighted by molar-refractivity contribution is 6.29. The van der Waals surface area contributed by atoms with E-state index in [4.69, 9.17) is 45.1 Å². The first-order valence-electron chi connectivity index (χ1n) is 16.8. The molecule has 0 bridgehead atoms. The van der Waals surface area contributed by atoms with Crippen LogP contribution in [-0.4, -0.2) is 101 Å². The molecule has 292 valence electrons. The predicted octanol–water partition coefficient (Wildman–Crippen LogP) is 5.85. The molecule has 18 nitrogen and oxygen atoms in total. The van der Waals surface area contributed by atoms with Gasteiger partial charge in [-0.1, -0.05) is 11.6 Å². The van der Waals surface area contributed by atoms with Gasteiger partial charge in [-0.3, -0.25) is 0 Å². The second kappa shape index (κ2) is 20.0. The molecule has 0 saturated carbocycles. The number of aliphatic hydroxyl groups is 1. The van der Waals surface area contributed by atoms with Crippen molar-refractivity contribution < 1.29 is 33.5 Å². The van der Waals surface area contributed by atoms with Crippen molar-refractivity contribution in [2.75, 3.05) is 71.8 Å². The molecule has 6 rings (SSSR count). The monoisotopic (exact) mass is 785 g/mol. The van der Waals surface area contributed by atoms with Crippen LogP contribution in [0.25, 0.3) is 22.8 Å². The lowest BCUT2D eigenvalue weighted by molar-refractivity contribution is 0.292. The Hall–Kier alpha value is -6.79. The number of pyridine rings is 2. The van der Waals surface area contributed by atoms with Gasteiger partial charge in [0.15, 0.2) is 34.6 Å². The van der Waals surface area contributed by atoms with Crippen molar-refractivity contribution in [3.63, 3.8) is 0 Å². The third-order valence-electron chi connectivity index (χ3n) is 7.63. The Morgan fingerprint density at radius 3 is 1.46 bits per heavy atom. The summed E-state index contributed by atoms with van der Waals surface area (Å²) in [7, 11) is 9.30. The Labute approximate surface area is 327 Å². The second-order valence-corrected chi connectivity index (χ2v) is 11.5. The lowest BCUT2D eigenvalue weighted by Crippen LogP contribution is -2.05. The van der Waals surface area contributed by atoms with Gasteiger partial charge >= 0.3 is 0 Å². The summed E-state index contributed by atoms with van der Waals surface area (Å²) in [5.74, 6) is 5.44. The molecule has 0 radical (unpaired) electrons. The van der Waals surface area contributed by atoms with Crippen LogP contribution in [0, 0.1) is 0 Å². The number of aromatic nitrogens is 8. The van der Waals surface area contributed by atoms with Crippen molar-refractivity contribution in [2.45, 2.75) is 6.42 Å². The van der Waals surface area contributed by atoms with Gasteiger partial charge in [0.1, 0.15) is 23.6 Å². The summed E-state index contributed by atoms with van der Waals surface area (Å²) in [6.45, 7) is 0.744. The van der Waals surface area contributed by atoms with Gasteiger partial charge in [-0.05, 0) is 30.7 Å². The minimum absolute atomic E-state index is 0.121. The molecular formula is C37H40ClN11O7. The molecule has 0 spiro atoms. The van der Waals surface area contributed by atoms with Crippen LogP contribution in [0.4, 0.5) is 29.1 Å². The van der Waals surface area contributed by atoms with Gasteiger partial charge in [-0.2, -0.15) is 9.97 Å². The van der Waals surface area contributed by atoms with Crippen LogP contribution in [0.2, 0.25) is 5.15 Å². The van der Waals surface area contributed by atoms with Gasteiger partial charge in [0, 0.05) is 72.3 Å². The zero-order chi connectivity index (χ0) is 39.9. The first-order valence-corrected chi connectivity index (χ1v) is 17.2. The molecule has 19 heteroatoms. The fourth-order valence-corrected chi connectivity index (χ4v) is 5.23. The fraction of sp³-hybridized carbons (Fsp3) is 0.243. The van der Waals surface area contributed by atoms with Crippen LogP contribution < -0.4 is 44.4 Å². The van der Waals surface area contributed by atoms with E-state index in [1.165, 1.54) is 12.7 Å². The number of hydrogen-bond donors (Lipinski definition) is 4. The average molecular weight is 786 g/mol. The molecule has 0 amide bonds. The minimum atomic E-state index is 0.121. The third-order valence-corrected chi connectivity index (χ3v) is 7.84. The van der Waals surface area contributed by atoms with Crippen LogP contribution in [-0.2, 0) is 0 Å². The summed E-state index contributed by atoms with van der Waals surface area (Å²) in [6, 6.07) is 14.2. The average Bonchev–Trinajstić information content (AvgIpc) is 3.23. The third kappa shape index (κ3) is 10.5. The van der Waals surface area contributed by atoms with E-state index in [0.29, 0.717) is 93.4 Å². The number of benzene rings is 2. The molecule has 6 aromatic rings. The molecule has 0 fully saturated rings. The number of hydrogen-bond acceptors (Lipinski definition) is 18. The maximum absolute atomic E-state index is 8.91. The van der Waals surface area contributed by atoms with Crippen LogP contribution in [0.15, 0.2) is 73.6 Å². The Morgan fingerprint density at radius 2 is 1.04 bits per heavy atom. The van der Waals surface area contributed by atoms with E-state index in [1.807, 2.05) is 12.1 Å². The van der Waals surface area contributed by atoms with Crippen molar-refractivity contribution in [1.82, 2.24) is 39.9 Å². The van der Waals surface area contributed by atoms with Crippen molar-refractivity contribution >= 4 is 40.7 Å². The molecule has 4 aromatic heterocycles. The minimum Gasteiger partial charge on any atom is -0.493 e. The smallest absolute Gasteiger partial charge is 0.230 e. The quantitative estimate of drug-likeness (QED) is 0.0668. The molecule has 0 unspecified atom stereocenters. The predicted molar refractivity (Wildman–Crippen MR) is 210 cm³/mol. The SMILES string of the molecule is COc1cc(Nc2ncnc(-c3ccnc(Cl)c3)n2)cc(OC)c1OC.COc1cc(Nc2ncnc(-c3ccnc(NCCCO)c3)n2)cc(OC)c1OC. The van der Waals surface area contributed by atoms with Crippen molar-refractivity contribution in [2.24, 2.45) is 0 Å². The van der Waals surface area contributed by atoms with Crippen molar-refractivity contribution in [1.29, 1.82) is 0 Å². The molecule has 4 N–H and O–H groups in total. The Bertz CT molecular complexity index is 2170. The van der Waals surface area contributed by atoms with Crippen LogP contribution in [0.3, 0.4) is 0 Å². The maximum Gasteiger partial charge on any atom is 0.230 e. The van der Waals surface area contributed by atoms with E-state index < -0.39 is 0 Å². The number of rotatable bonds is 16. The Balaban J connectivity index is 0.000000216. The number of anilines is 5. The molecule has 0 saturated heterocycles. The van der Waals surface area contributed by atoms with E-state index in [2.05, 4.69) is 55.8 Å². The second-order valence-electron chi connectivity index (χ2n) is 11.1. The van der Waals surface area contributed by atoms with Gasteiger partial charge in [0.2, 0.25) is 23.4 Å². The number of ether oxygens (including phenoxy) is 6. The largest absolute Gasteiger partial charge is 0.493 e. The first-order chi connectivity index (χ1) is 27.3. The summed E-state index contributed by atoms with van der Waals surface area (Å²) in [5.41, 5.74) is 2.86. The number of aliphatic hydroxyl groups excluding tert-OH is 1. The molecular weight excluding hydrogens is 746 g/mol. The van der Waals surface area contributed by atoms with E-state index in [-0.39, 0.29) is 6.61 Å². The fourth-order valence-electron chi connectivity index (χ4n) is 5.06. The lowest BCUT2D eigenvalue weighted by Gasteiger charge is -2.14. The maximum atomic E-state index is 8.91. The number of nitrogens with one attached hydrogen (secondary N) is 3. The van der Waals surface area contributed by atoms with Gasteiger partial charge in [-0.25, -0.2) is 29.9 Å². The van der Waals surface area contributed by atoms with E-state index >= 15 is 0 Å². The van der Waals surface area contributed by atoms with E-state index in [1.54, 1.807) is 91.5 Å². The topological polar surface area (TPSA) is 215 Å². The van der Waals surface area contributed by atoms with Crippen molar-refractivity contribution in [3.05, 3.63) is 78.7 Å². The molecule has 0 atom stereocenters.